The zero-order chi connectivity index (χ0) is 16.7. The van der Waals surface area contributed by atoms with Gasteiger partial charge in [0.05, 0.1) is 18.8 Å². The summed E-state index contributed by atoms with van der Waals surface area (Å²) >= 11 is 0. The van der Waals surface area contributed by atoms with Crippen LogP contribution in [0.4, 0.5) is 16.2 Å². The van der Waals surface area contributed by atoms with Crippen LogP contribution >= 0.6 is 0 Å². The number of nitrogens with zero attached hydrogens (tertiary/aromatic N) is 2. The van der Waals surface area contributed by atoms with Gasteiger partial charge in [-0.05, 0) is 44.4 Å². The van der Waals surface area contributed by atoms with Crippen molar-refractivity contribution in [2.75, 3.05) is 29.9 Å². The first-order chi connectivity index (χ1) is 11.2. The van der Waals surface area contributed by atoms with Crippen LogP contribution in [0.25, 0.3) is 0 Å². The summed E-state index contributed by atoms with van der Waals surface area (Å²) in [4.78, 5) is 18.4. The Morgan fingerprint density at radius 3 is 2.96 bits per heavy atom. The van der Waals surface area contributed by atoms with Gasteiger partial charge in [0, 0.05) is 24.1 Å². The first-order valence-electron chi connectivity index (χ1n) is 8.17. The van der Waals surface area contributed by atoms with Crippen LogP contribution in [0.1, 0.15) is 32.8 Å². The number of carbonyl (C=O) groups excluding carboxylic acids is 1. The highest BCUT2D eigenvalue weighted by Gasteiger charge is 2.20. The van der Waals surface area contributed by atoms with E-state index in [4.69, 9.17) is 4.74 Å². The van der Waals surface area contributed by atoms with E-state index < -0.39 is 6.09 Å². The van der Waals surface area contributed by atoms with Crippen molar-refractivity contribution in [1.29, 1.82) is 0 Å². The molecule has 1 amide bonds. The van der Waals surface area contributed by atoms with E-state index in [1.165, 1.54) is 5.56 Å². The maximum Gasteiger partial charge on any atom is 0.411 e. The van der Waals surface area contributed by atoms with E-state index in [9.17, 15) is 4.79 Å². The maximum atomic E-state index is 11.6. The van der Waals surface area contributed by atoms with E-state index in [-0.39, 0.29) is 0 Å². The van der Waals surface area contributed by atoms with Gasteiger partial charge in [-0.1, -0.05) is 19.1 Å². The van der Waals surface area contributed by atoms with Crippen molar-refractivity contribution in [3.8, 4) is 0 Å². The lowest BCUT2D eigenvalue weighted by Gasteiger charge is -2.20. The average Bonchev–Trinajstić information content (AvgIpc) is 2.94. The Morgan fingerprint density at radius 2 is 2.26 bits per heavy atom. The highest BCUT2D eigenvalue weighted by Crippen LogP contribution is 2.31. The molecule has 0 unspecified atom stereocenters. The van der Waals surface area contributed by atoms with Crippen molar-refractivity contribution < 1.29 is 9.53 Å². The molecule has 0 aromatic heterocycles. The first kappa shape index (κ1) is 17.1. The number of benzene rings is 1. The van der Waals surface area contributed by atoms with Crippen molar-refractivity contribution in [1.82, 2.24) is 0 Å². The summed E-state index contributed by atoms with van der Waals surface area (Å²) in [5.41, 5.74) is 4.27. The van der Waals surface area contributed by atoms with E-state index in [0.29, 0.717) is 6.61 Å². The molecule has 0 saturated heterocycles. The number of rotatable bonds is 6. The molecule has 0 radical (unpaired) electrons. The van der Waals surface area contributed by atoms with Crippen LogP contribution in [0.2, 0.25) is 0 Å². The summed E-state index contributed by atoms with van der Waals surface area (Å²) in [5, 5.41) is 2.76. The van der Waals surface area contributed by atoms with Crippen LogP contribution in [0.15, 0.2) is 35.0 Å². The molecule has 1 heterocycles. The van der Waals surface area contributed by atoms with Gasteiger partial charge in [-0.2, -0.15) is 0 Å². The van der Waals surface area contributed by atoms with Gasteiger partial charge >= 0.3 is 6.09 Å². The lowest BCUT2D eigenvalue weighted by Crippen LogP contribution is -2.23. The molecule has 23 heavy (non-hydrogen) atoms. The molecule has 0 atom stereocenters. The van der Waals surface area contributed by atoms with Crippen LogP contribution in [0, 0.1) is 0 Å². The number of anilines is 2. The molecule has 5 nitrogen and oxygen atoms in total. The molecule has 1 aromatic carbocycles. The van der Waals surface area contributed by atoms with E-state index in [1.807, 2.05) is 31.3 Å². The predicted octanol–water partition coefficient (Wildman–Crippen LogP) is 4.00. The van der Waals surface area contributed by atoms with Gasteiger partial charge in [-0.25, -0.2) is 4.79 Å². The third kappa shape index (κ3) is 4.58. The fraction of sp³-hybridized carbons (Fsp3) is 0.444. The highest BCUT2D eigenvalue weighted by molar-refractivity contribution is 5.86. The second kappa shape index (κ2) is 8.36. The fourth-order valence-corrected chi connectivity index (χ4v) is 2.58. The smallest absolute Gasteiger partial charge is 0.411 e. The number of hydrogen-bond donors (Lipinski definition) is 1. The topological polar surface area (TPSA) is 53.9 Å². The summed E-state index contributed by atoms with van der Waals surface area (Å²) in [5.74, 6) is 0. The van der Waals surface area contributed by atoms with Gasteiger partial charge in [0.2, 0.25) is 0 Å². The number of nitrogens with one attached hydrogen (secondary N) is 1. The Bertz CT molecular complexity index is 608. The Balaban J connectivity index is 2.11. The zero-order valence-corrected chi connectivity index (χ0v) is 14.1. The Hall–Kier alpha value is -2.30. The molecule has 0 fully saturated rings. The molecule has 5 heteroatoms. The third-order valence-electron chi connectivity index (χ3n) is 3.72. The lowest BCUT2D eigenvalue weighted by molar-refractivity contribution is 0.168. The normalized spacial score (nSPS) is 14.2. The lowest BCUT2D eigenvalue weighted by atomic mass is 10.1. The van der Waals surface area contributed by atoms with E-state index in [2.05, 4.69) is 28.2 Å². The SMILES string of the molecule is C/C=C(CN1CCc2ccc(NC(=O)OCC)cc21)\N=C/CC. The van der Waals surface area contributed by atoms with E-state index >= 15 is 0 Å². The van der Waals surface area contributed by atoms with Crippen LogP contribution in [-0.2, 0) is 11.2 Å². The Kier molecular flexibility index (Phi) is 6.20. The monoisotopic (exact) mass is 315 g/mol. The summed E-state index contributed by atoms with van der Waals surface area (Å²) in [6, 6.07) is 6.00. The minimum atomic E-state index is -0.418. The first-order valence-corrected chi connectivity index (χ1v) is 8.17. The molecular weight excluding hydrogens is 290 g/mol. The van der Waals surface area contributed by atoms with Crippen LogP contribution in [0.5, 0.6) is 0 Å². The zero-order valence-electron chi connectivity index (χ0n) is 14.1. The molecule has 0 saturated carbocycles. The van der Waals surface area contributed by atoms with Gasteiger partial charge in [-0.3, -0.25) is 10.3 Å². The van der Waals surface area contributed by atoms with E-state index in [1.54, 1.807) is 6.92 Å². The molecule has 1 N–H and O–H groups in total. The quantitative estimate of drug-likeness (QED) is 0.807. The average molecular weight is 315 g/mol. The van der Waals surface area contributed by atoms with Crippen LogP contribution < -0.4 is 10.2 Å². The maximum absolute atomic E-state index is 11.6. The van der Waals surface area contributed by atoms with Crippen molar-refractivity contribution in [2.24, 2.45) is 4.99 Å². The standard InChI is InChI=1S/C18H25N3O2/c1-4-10-19-15(5-2)13-21-11-9-14-7-8-16(12-17(14)21)20-18(22)23-6-3/h5,7-8,10,12H,4,6,9,11,13H2,1-3H3,(H,20,22)/b15-5-,19-10-. The number of aliphatic imine (C=N–C) groups is 1. The number of allylic oxidation sites excluding steroid dienone is 1. The number of hydrogen-bond acceptors (Lipinski definition) is 4. The molecular formula is C18H25N3O2. The predicted molar refractivity (Wildman–Crippen MR) is 95.5 cm³/mol. The molecule has 1 aliphatic rings. The molecule has 0 bridgehead atoms. The van der Waals surface area contributed by atoms with Gasteiger partial charge in [0.15, 0.2) is 0 Å². The van der Waals surface area contributed by atoms with Crippen molar-refractivity contribution in [3.63, 3.8) is 0 Å². The molecule has 2 rings (SSSR count). The largest absolute Gasteiger partial charge is 0.450 e. The molecule has 1 aromatic rings. The summed E-state index contributed by atoms with van der Waals surface area (Å²) in [7, 11) is 0. The number of fused-ring (bicyclic) bond motifs is 1. The molecule has 0 spiro atoms. The Labute approximate surface area is 138 Å². The van der Waals surface area contributed by atoms with Gasteiger partial charge in [0.1, 0.15) is 0 Å². The van der Waals surface area contributed by atoms with Crippen LogP contribution in [0.3, 0.4) is 0 Å². The Morgan fingerprint density at radius 1 is 1.43 bits per heavy atom. The summed E-state index contributed by atoms with van der Waals surface area (Å²) in [6.07, 6.45) is 5.51. The van der Waals surface area contributed by atoms with Gasteiger partial charge in [0.25, 0.3) is 0 Å². The molecule has 124 valence electrons. The number of ether oxygens (including phenoxy) is 1. The second-order valence-corrected chi connectivity index (χ2v) is 5.36. The third-order valence-corrected chi connectivity index (χ3v) is 3.72. The summed E-state index contributed by atoms with van der Waals surface area (Å²) < 4.78 is 4.93. The summed E-state index contributed by atoms with van der Waals surface area (Å²) in [6.45, 7) is 8.00. The number of amides is 1. The van der Waals surface area contributed by atoms with Gasteiger partial charge in [-0.15, -0.1) is 0 Å². The minimum Gasteiger partial charge on any atom is -0.450 e. The van der Waals surface area contributed by atoms with Crippen molar-refractivity contribution in [3.05, 3.63) is 35.5 Å². The minimum absolute atomic E-state index is 0.364. The van der Waals surface area contributed by atoms with E-state index in [0.717, 1.165) is 43.0 Å². The fourth-order valence-electron chi connectivity index (χ4n) is 2.58. The van der Waals surface area contributed by atoms with Crippen LogP contribution in [-0.4, -0.2) is 32.0 Å². The van der Waals surface area contributed by atoms with Crippen molar-refractivity contribution in [2.45, 2.75) is 33.6 Å². The highest BCUT2D eigenvalue weighted by atomic mass is 16.5. The second-order valence-electron chi connectivity index (χ2n) is 5.36. The molecule has 1 aliphatic heterocycles. The number of carbonyl (C=O) groups is 1. The van der Waals surface area contributed by atoms with Gasteiger partial charge < -0.3 is 9.64 Å². The molecule has 0 aliphatic carbocycles. The van der Waals surface area contributed by atoms with Crippen molar-refractivity contribution >= 4 is 23.7 Å².